The molecular formula is C16H16N6O2. The van der Waals surface area contributed by atoms with Crippen molar-refractivity contribution in [3.05, 3.63) is 60.2 Å². The van der Waals surface area contributed by atoms with Crippen molar-refractivity contribution in [3.8, 4) is 0 Å². The van der Waals surface area contributed by atoms with Gasteiger partial charge in [0.15, 0.2) is 0 Å². The Hall–Kier alpha value is -3.42. The molecule has 8 heteroatoms. The van der Waals surface area contributed by atoms with E-state index in [1.165, 1.54) is 12.4 Å². The highest BCUT2D eigenvalue weighted by atomic mass is 16.2. The van der Waals surface area contributed by atoms with E-state index in [-0.39, 0.29) is 11.8 Å². The second kappa shape index (κ2) is 8.28. The average molecular weight is 324 g/mol. The smallest absolute Gasteiger partial charge is 0.267 e. The number of carbonyl (C=O) groups excluding carboxylic acids is 2. The van der Waals surface area contributed by atoms with Crippen LogP contribution in [0.3, 0.4) is 0 Å². The fourth-order valence-corrected chi connectivity index (χ4v) is 1.55. The quantitative estimate of drug-likeness (QED) is 0.640. The van der Waals surface area contributed by atoms with Crippen LogP contribution in [0.15, 0.2) is 59.3 Å². The van der Waals surface area contributed by atoms with Gasteiger partial charge in [-0.25, -0.2) is 10.9 Å². The molecule has 0 aliphatic carbocycles. The number of carbonyl (C=O) groups is 2. The largest absolute Gasteiger partial charge is 0.272 e. The number of aromatic nitrogens is 2. The van der Waals surface area contributed by atoms with Gasteiger partial charge in [0.25, 0.3) is 11.8 Å². The number of hydrazone groups is 2. The van der Waals surface area contributed by atoms with Crippen LogP contribution in [0.4, 0.5) is 0 Å². The third kappa shape index (κ3) is 4.80. The molecule has 2 rings (SSSR count). The van der Waals surface area contributed by atoms with E-state index in [2.05, 4.69) is 31.0 Å². The van der Waals surface area contributed by atoms with E-state index in [1.54, 1.807) is 50.5 Å². The molecule has 0 spiro atoms. The van der Waals surface area contributed by atoms with Gasteiger partial charge in [0.05, 0.1) is 22.6 Å². The number of nitrogens with one attached hydrogen (secondary N) is 2. The summed E-state index contributed by atoms with van der Waals surface area (Å²) in [6.07, 6.45) is 6.03. The number of pyridine rings is 2. The molecule has 0 atom stereocenters. The molecule has 2 aromatic rings. The minimum Gasteiger partial charge on any atom is -0.267 e. The summed E-state index contributed by atoms with van der Waals surface area (Å²) in [6, 6.07) is 6.57. The van der Waals surface area contributed by atoms with Gasteiger partial charge in [-0.1, -0.05) is 0 Å². The molecule has 8 nitrogen and oxygen atoms in total. The highest BCUT2D eigenvalue weighted by molar-refractivity contribution is 6.40. The lowest BCUT2D eigenvalue weighted by molar-refractivity contribution is 0.0946. The summed E-state index contributed by atoms with van der Waals surface area (Å²) in [6.45, 7) is 3.33. The van der Waals surface area contributed by atoms with Crippen molar-refractivity contribution in [1.29, 1.82) is 0 Å². The van der Waals surface area contributed by atoms with Crippen molar-refractivity contribution < 1.29 is 9.59 Å². The standard InChI is InChI=1S/C16H16N6O2/c1-11(19-21-15(23)13-5-3-7-17-9-13)12(2)20-22-16(24)14-6-4-8-18-10-14/h3-10H,1-2H3,(H,21,23)(H,22,24). The van der Waals surface area contributed by atoms with E-state index >= 15 is 0 Å². The minimum absolute atomic E-state index is 0.380. The molecule has 0 saturated heterocycles. The third-order valence-electron chi connectivity index (χ3n) is 3.02. The molecule has 0 unspecified atom stereocenters. The first-order valence-corrected chi connectivity index (χ1v) is 7.07. The number of rotatable bonds is 5. The first-order chi connectivity index (χ1) is 11.6. The summed E-state index contributed by atoms with van der Waals surface area (Å²) in [5.41, 5.74) is 6.52. The van der Waals surface area contributed by atoms with Crippen molar-refractivity contribution in [2.24, 2.45) is 10.2 Å². The Labute approximate surface area is 138 Å². The summed E-state index contributed by atoms with van der Waals surface area (Å²) in [4.78, 5) is 31.4. The molecule has 0 aliphatic heterocycles. The molecule has 0 radical (unpaired) electrons. The summed E-state index contributed by atoms with van der Waals surface area (Å²) in [5.74, 6) is -0.760. The van der Waals surface area contributed by atoms with Gasteiger partial charge in [0.1, 0.15) is 0 Å². The van der Waals surface area contributed by atoms with Crippen LogP contribution in [0.5, 0.6) is 0 Å². The minimum atomic E-state index is -0.380. The van der Waals surface area contributed by atoms with Crippen molar-refractivity contribution in [2.75, 3.05) is 0 Å². The zero-order valence-corrected chi connectivity index (χ0v) is 13.2. The molecule has 0 saturated carbocycles. The van der Waals surface area contributed by atoms with Crippen LogP contribution in [0.25, 0.3) is 0 Å². The van der Waals surface area contributed by atoms with E-state index < -0.39 is 0 Å². The second-order valence-electron chi connectivity index (χ2n) is 4.76. The fraction of sp³-hybridized carbons (Fsp3) is 0.125. The van der Waals surface area contributed by atoms with E-state index in [1.807, 2.05) is 0 Å². The SMILES string of the molecule is CC(=NNC(=O)c1cccnc1)C(C)=NNC(=O)c1cccnc1. The highest BCUT2D eigenvalue weighted by Crippen LogP contribution is 1.96. The van der Waals surface area contributed by atoms with Crippen LogP contribution >= 0.6 is 0 Å². The lowest BCUT2D eigenvalue weighted by atomic mass is 10.3. The zero-order chi connectivity index (χ0) is 17.4. The van der Waals surface area contributed by atoms with Gasteiger partial charge in [-0.05, 0) is 38.1 Å². The highest BCUT2D eigenvalue weighted by Gasteiger charge is 2.06. The molecule has 0 bridgehead atoms. The lowest BCUT2D eigenvalue weighted by Crippen LogP contribution is -2.24. The summed E-state index contributed by atoms with van der Waals surface area (Å²) < 4.78 is 0. The summed E-state index contributed by atoms with van der Waals surface area (Å²) >= 11 is 0. The van der Waals surface area contributed by atoms with Crippen LogP contribution in [-0.2, 0) is 0 Å². The molecule has 0 aliphatic rings. The number of amides is 2. The first-order valence-electron chi connectivity index (χ1n) is 7.07. The van der Waals surface area contributed by atoms with Crippen LogP contribution in [-0.4, -0.2) is 33.2 Å². The maximum absolute atomic E-state index is 11.8. The average Bonchev–Trinajstić information content (AvgIpc) is 2.64. The van der Waals surface area contributed by atoms with Gasteiger partial charge < -0.3 is 0 Å². The Morgan fingerprint density at radius 3 is 1.58 bits per heavy atom. The van der Waals surface area contributed by atoms with Gasteiger partial charge in [0.2, 0.25) is 0 Å². The maximum atomic E-state index is 11.8. The van der Waals surface area contributed by atoms with Gasteiger partial charge in [-0.15, -0.1) is 0 Å². The molecule has 2 heterocycles. The van der Waals surface area contributed by atoms with E-state index in [9.17, 15) is 9.59 Å². The second-order valence-corrected chi connectivity index (χ2v) is 4.76. The molecular weight excluding hydrogens is 308 g/mol. The van der Waals surface area contributed by atoms with Crippen molar-refractivity contribution in [3.63, 3.8) is 0 Å². The predicted molar refractivity (Wildman–Crippen MR) is 89.6 cm³/mol. The van der Waals surface area contributed by atoms with Crippen LogP contribution in [0, 0.1) is 0 Å². The number of hydrogen-bond donors (Lipinski definition) is 2. The molecule has 0 fully saturated rings. The van der Waals surface area contributed by atoms with E-state index in [0.717, 1.165) is 0 Å². The first kappa shape index (κ1) is 16.9. The van der Waals surface area contributed by atoms with Gasteiger partial charge >= 0.3 is 0 Å². The zero-order valence-electron chi connectivity index (χ0n) is 13.2. The Morgan fingerprint density at radius 1 is 0.833 bits per heavy atom. The van der Waals surface area contributed by atoms with Gasteiger partial charge in [-0.2, -0.15) is 10.2 Å². The Balaban J connectivity index is 1.94. The van der Waals surface area contributed by atoms with Gasteiger partial charge in [0, 0.05) is 24.8 Å². The molecule has 2 N–H and O–H groups in total. The van der Waals surface area contributed by atoms with Crippen molar-refractivity contribution in [2.45, 2.75) is 13.8 Å². The van der Waals surface area contributed by atoms with E-state index in [4.69, 9.17) is 0 Å². The summed E-state index contributed by atoms with van der Waals surface area (Å²) in [5, 5.41) is 7.89. The maximum Gasteiger partial charge on any atom is 0.272 e. The van der Waals surface area contributed by atoms with Crippen molar-refractivity contribution in [1.82, 2.24) is 20.8 Å². The van der Waals surface area contributed by atoms with Crippen LogP contribution in [0.2, 0.25) is 0 Å². The Bertz CT molecular complexity index is 704. The fourth-order valence-electron chi connectivity index (χ4n) is 1.55. The Morgan fingerprint density at radius 2 is 1.25 bits per heavy atom. The molecule has 2 aromatic heterocycles. The van der Waals surface area contributed by atoms with Gasteiger partial charge in [-0.3, -0.25) is 19.6 Å². The monoisotopic (exact) mass is 324 g/mol. The normalized spacial score (nSPS) is 11.8. The molecule has 2 amide bonds. The Kier molecular flexibility index (Phi) is 5.84. The summed E-state index contributed by atoms with van der Waals surface area (Å²) in [7, 11) is 0. The van der Waals surface area contributed by atoms with Crippen LogP contribution < -0.4 is 10.9 Å². The predicted octanol–water partition coefficient (Wildman–Crippen LogP) is 1.39. The lowest BCUT2D eigenvalue weighted by Gasteiger charge is -2.03. The van der Waals surface area contributed by atoms with Crippen molar-refractivity contribution >= 4 is 23.2 Å². The number of nitrogens with zero attached hydrogens (tertiary/aromatic N) is 4. The molecule has 0 aromatic carbocycles. The number of hydrogen-bond acceptors (Lipinski definition) is 6. The van der Waals surface area contributed by atoms with E-state index in [0.29, 0.717) is 22.6 Å². The molecule has 24 heavy (non-hydrogen) atoms. The topological polar surface area (TPSA) is 109 Å². The van der Waals surface area contributed by atoms with Crippen LogP contribution in [0.1, 0.15) is 34.6 Å². The third-order valence-corrected chi connectivity index (χ3v) is 3.02. The molecule has 122 valence electrons.